The Hall–Kier alpha value is -4.87. The molecule has 2 aliphatic rings. The summed E-state index contributed by atoms with van der Waals surface area (Å²) in [5.74, 6) is -1.97. The zero-order valence-corrected chi connectivity index (χ0v) is 27.8. The van der Waals surface area contributed by atoms with Crippen LogP contribution in [-0.4, -0.2) is 69.3 Å². The fraction of sp³-hybridized carbons (Fsp3) is 0.400. The fourth-order valence-corrected chi connectivity index (χ4v) is 6.52. The fourth-order valence-electron chi connectivity index (χ4n) is 6.52. The van der Waals surface area contributed by atoms with Crippen molar-refractivity contribution in [3.05, 3.63) is 75.8 Å². The quantitative estimate of drug-likeness (QED) is 0.272. The molecule has 1 fully saturated rings. The second-order valence-corrected chi connectivity index (χ2v) is 13.6. The van der Waals surface area contributed by atoms with Gasteiger partial charge in [-0.15, -0.1) is 0 Å². The van der Waals surface area contributed by atoms with Crippen LogP contribution in [0.2, 0.25) is 0 Å². The van der Waals surface area contributed by atoms with Gasteiger partial charge in [-0.3, -0.25) is 19.1 Å². The summed E-state index contributed by atoms with van der Waals surface area (Å²) in [6.45, 7) is 13.0. The topological polar surface area (TPSA) is 101 Å². The largest absolute Gasteiger partial charge is 0.444 e. The first-order chi connectivity index (χ1) is 22.1. The maximum atomic E-state index is 16.2. The highest BCUT2D eigenvalue weighted by atomic mass is 19.1. The maximum absolute atomic E-state index is 16.2. The van der Waals surface area contributed by atoms with Crippen molar-refractivity contribution in [1.82, 2.24) is 19.4 Å². The number of benzene rings is 1. The lowest BCUT2D eigenvalue weighted by atomic mass is 9.98. The Kier molecular flexibility index (Phi) is 7.80. The number of carbonyl (C=O) groups is 2. The van der Waals surface area contributed by atoms with Crippen LogP contribution in [0, 0.1) is 18.6 Å². The number of pyridine rings is 3. The molecule has 5 heterocycles. The molecular weight excluding hydrogens is 606 g/mol. The second-order valence-electron chi connectivity index (χ2n) is 13.6. The predicted octanol–water partition coefficient (Wildman–Crippen LogP) is 5.95. The normalized spacial score (nSPS) is 18.1. The van der Waals surface area contributed by atoms with Gasteiger partial charge in [0.2, 0.25) is 0 Å². The second kappa shape index (κ2) is 11.4. The van der Waals surface area contributed by atoms with E-state index in [0.29, 0.717) is 22.6 Å². The number of piperazine rings is 1. The van der Waals surface area contributed by atoms with E-state index in [-0.39, 0.29) is 47.0 Å². The number of aryl methyl sites for hydroxylation is 1. The summed E-state index contributed by atoms with van der Waals surface area (Å²) in [7, 11) is 1.50. The summed E-state index contributed by atoms with van der Waals surface area (Å²) in [5, 5.41) is 0.261. The predicted molar refractivity (Wildman–Crippen MR) is 176 cm³/mol. The number of halogens is 2. The van der Waals surface area contributed by atoms with Crippen LogP contribution in [0.1, 0.15) is 58.7 Å². The molecule has 3 aromatic heterocycles. The monoisotopic (exact) mass is 644 g/mol. The summed E-state index contributed by atoms with van der Waals surface area (Å²) < 4.78 is 38.2. The Labute approximate surface area is 271 Å². The number of rotatable bonds is 3. The van der Waals surface area contributed by atoms with Gasteiger partial charge in [0, 0.05) is 36.8 Å². The highest BCUT2D eigenvalue weighted by Crippen LogP contribution is 2.43. The van der Waals surface area contributed by atoms with E-state index in [1.54, 1.807) is 44.0 Å². The summed E-state index contributed by atoms with van der Waals surface area (Å²) >= 11 is 0. The molecule has 246 valence electrons. The number of amides is 2. The lowest BCUT2D eigenvalue weighted by molar-refractivity contribution is -0.121. The van der Waals surface area contributed by atoms with Crippen molar-refractivity contribution in [3.63, 3.8) is 0 Å². The van der Waals surface area contributed by atoms with E-state index < -0.39 is 46.9 Å². The average Bonchev–Trinajstić information content (AvgIpc) is 2.99. The first-order valence-electron chi connectivity index (χ1n) is 15.6. The Morgan fingerprint density at radius 3 is 2.38 bits per heavy atom. The summed E-state index contributed by atoms with van der Waals surface area (Å²) in [5.41, 5.74) is 0.644. The molecule has 0 radical (unpaired) electrons. The molecule has 2 atom stereocenters. The first kappa shape index (κ1) is 32.1. The minimum absolute atomic E-state index is 0.00823. The van der Waals surface area contributed by atoms with Crippen LogP contribution in [0.5, 0.6) is 0 Å². The molecule has 47 heavy (non-hydrogen) atoms. The van der Waals surface area contributed by atoms with Gasteiger partial charge in [-0.05, 0) is 70.4 Å². The molecule has 1 aromatic carbocycles. The van der Waals surface area contributed by atoms with Gasteiger partial charge in [-0.25, -0.2) is 18.6 Å². The number of nitrogens with zero attached hydrogens (tertiary/aromatic N) is 6. The zero-order valence-electron chi connectivity index (χ0n) is 27.8. The van der Waals surface area contributed by atoms with Crippen molar-refractivity contribution in [2.45, 2.75) is 72.1 Å². The van der Waals surface area contributed by atoms with E-state index in [0.717, 1.165) is 0 Å². The van der Waals surface area contributed by atoms with Gasteiger partial charge in [0.15, 0.2) is 5.65 Å². The number of aromatic nitrogens is 3. The standard InChI is InChI=1S/C35H38F2N6O4/c1-18(2)26-28(19(3)13-14-38-26)43-31-22(15-24(37)27(39-31)21-11-9-10-12-23(21)36)29-30(33(43)45)40(8)32(44)25-17-41(20(4)16-42(25)29)34(46)47-35(5,6)7/h9-15,18,20,25H,16-17H2,1-8H3/t20-,25-/m1/s1. The molecule has 2 amide bonds. The highest BCUT2D eigenvalue weighted by Gasteiger charge is 2.47. The number of hydrogen-bond donors (Lipinski definition) is 0. The van der Waals surface area contributed by atoms with E-state index in [2.05, 4.69) is 9.97 Å². The molecule has 0 saturated carbocycles. The molecule has 6 rings (SSSR count). The van der Waals surface area contributed by atoms with Gasteiger partial charge in [-0.2, -0.15) is 0 Å². The number of anilines is 2. The molecule has 0 aliphatic carbocycles. The molecule has 4 aromatic rings. The van der Waals surface area contributed by atoms with Crippen molar-refractivity contribution in [2.24, 2.45) is 0 Å². The molecule has 12 heteroatoms. The lowest BCUT2D eigenvalue weighted by Gasteiger charge is -2.49. The van der Waals surface area contributed by atoms with Gasteiger partial charge in [0.05, 0.1) is 23.6 Å². The van der Waals surface area contributed by atoms with E-state index >= 15 is 8.78 Å². The first-order valence-corrected chi connectivity index (χ1v) is 15.6. The number of carbonyl (C=O) groups excluding carboxylic acids is 2. The van der Waals surface area contributed by atoms with Gasteiger partial charge >= 0.3 is 6.09 Å². The van der Waals surface area contributed by atoms with Gasteiger partial charge < -0.3 is 19.4 Å². The smallest absolute Gasteiger partial charge is 0.410 e. The van der Waals surface area contributed by atoms with Crippen molar-refractivity contribution in [1.29, 1.82) is 0 Å². The molecule has 10 nitrogen and oxygen atoms in total. The Morgan fingerprint density at radius 2 is 1.72 bits per heavy atom. The van der Waals surface area contributed by atoms with E-state index in [9.17, 15) is 14.4 Å². The molecule has 2 aliphatic heterocycles. The Bertz CT molecular complexity index is 2000. The van der Waals surface area contributed by atoms with Gasteiger partial charge in [0.25, 0.3) is 11.5 Å². The minimum Gasteiger partial charge on any atom is -0.444 e. The summed E-state index contributed by atoms with van der Waals surface area (Å²) in [6.07, 6.45) is 1.10. The van der Waals surface area contributed by atoms with E-state index in [1.807, 2.05) is 27.7 Å². The van der Waals surface area contributed by atoms with Crippen LogP contribution < -0.4 is 15.4 Å². The summed E-state index contributed by atoms with van der Waals surface area (Å²) in [4.78, 5) is 55.8. The van der Waals surface area contributed by atoms with Gasteiger partial charge in [0.1, 0.15) is 34.7 Å². The zero-order chi connectivity index (χ0) is 34.1. The molecule has 1 saturated heterocycles. The van der Waals surface area contributed by atoms with Crippen LogP contribution in [0.25, 0.3) is 28.0 Å². The number of ether oxygens (including phenoxy) is 1. The third-order valence-corrected chi connectivity index (χ3v) is 8.71. The van der Waals surface area contributed by atoms with Crippen LogP contribution in [0.4, 0.5) is 25.0 Å². The SMILES string of the molecule is Cc1ccnc(C(C)C)c1-n1c(=O)c2c(c3cc(F)c(-c4ccccc4F)nc31)N1C[C@@H](C)N(C(=O)OC(C)(C)C)C[C@@H]1C(=O)N2C. The number of fused-ring (bicyclic) bond motifs is 5. The number of likely N-dealkylation sites (N-methyl/N-ethyl adjacent to an activating group) is 1. The van der Waals surface area contributed by atoms with Crippen molar-refractivity contribution >= 4 is 34.4 Å². The minimum atomic E-state index is -0.879. The molecule has 0 N–H and O–H groups in total. The molecule has 0 unspecified atom stereocenters. The van der Waals surface area contributed by atoms with Crippen molar-refractivity contribution in [2.75, 3.05) is 29.9 Å². The highest BCUT2D eigenvalue weighted by molar-refractivity contribution is 6.11. The van der Waals surface area contributed by atoms with Gasteiger partial charge in [-0.1, -0.05) is 26.0 Å². The lowest BCUT2D eigenvalue weighted by Crippen LogP contribution is -2.66. The number of hydrogen-bond acceptors (Lipinski definition) is 7. The van der Waals surface area contributed by atoms with E-state index in [1.165, 1.54) is 45.7 Å². The molecule has 0 spiro atoms. The maximum Gasteiger partial charge on any atom is 0.410 e. The summed E-state index contributed by atoms with van der Waals surface area (Å²) in [6, 6.07) is 7.46. The van der Waals surface area contributed by atoms with Crippen molar-refractivity contribution in [3.8, 4) is 16.9 Å². The van der Waals surface area contributed by atoms with E-state index in [4.69, 9.17) is 4.74 Å². The van der Waals surface area contributed by atoms with Crippen molar-refractivity contribution < 1.29 is 23.1 Å². The third-order valence-electron chi connectivity index (χ3n) is 8.71. The average molecular weight is 645 g/mol. The molecular formula is C35H38F2N6O4. The third kappa shape index (κ3) is 5.29. The van der Waals surface area contributed by atoms with Crippen LogP contribution in [-0.2, 0) is 9.53 Å². The van der Waals surface area contributed by atoms with Crippen LogP contribution in [0.15, 0.2) is 47.4 Å². The Balaban J connectivity index is 1.67. The van der Waals surface area contributed by atoms with Crippen LogP contribution >= 0.6 is 0 Å². The Morgan fingerprint density at radius 1 is 1.02 bits per heavy atom. The van der Waals surface area contributed by atoms with Crippen LogP contribution in [0.3, 0.4) is 0 Å². The molecule has 0 bridgehead atoms.